The number of aliphatic hydroxyl groups is 2. The first-order valence-electron chi connectivity index (χ1n) is 55.6. The highest BCUT2D eigenvalue weighted by molar-refractivity contribution is 7.80. The quantitative estimate of drug-likeness (QED) is 0.0240. The predicted octanol–water partition coefficient (Wildman–Crippen LogP) is 28.9. The van der Waals surface area contributed by atoms with Crippen molar-refractivity contribution in [3.8, 4) is 24.0 Å². The highest BCUT2D eigenvalue weighted by atomic mass is 32.1. The summed E-state index contributed by atoms with van der Waals surface area (Å²) in [6.45, 7) is 5.80. The average Bonchev–Trinajstić information content (AvgIpc) is 1.46. The van der Waals surface area contributed by atoms with Crippen molar-refractivity contribution in [3.05, 3.63) is 336 Å². The third-order valence-corrected chi connectivity index (χ3v) is 33.5. The zero-order chi connectivity index (χ0) is 104. The summed E-state index contributed by atoms with van der Waals surface area (Å²) in [5.74, 6) is -0.0969. The standard InChI is InChI=1S/C22H27NO2.C18H19N3OS.C14H17NO.C14H21N.C14H17N.C13H16O2.C13H18O.C13H16O.2C4H8O/c1-25-20-13-7-6-12-19(20)21(24)23-17-16-22(14-8-3-9-15-22)18-10-4-2-5-11-18;19-13-16(22-17(23)21-12-11-20-14-21)18(9-5-2-6-10-18)15-7-3-1-4-8-15;15-11-13(16)14(9-5-2-6-10-14)12-7-3-1-4-8-12;2*15-12-11-14(9-5-2-6-10-14)13-7-3-1-4-8-13;14-12(15)13(9-5-2-6-10-13)11-7-3-1-4-8-11;2*14-11-13(9-5-2-6-10-13)12-7-3-1-4-8-12;2*1-2-4-5-3-1/h2,4-7,10-13H,3,8-9,14-17H2,1H3,(H,23,24);1,3-4,7-8,11-12,14,16H,2,5-6,9-10H2;1,3-4,7-8,13,16H,2,5-6,9-10H2;1,3-4,7-8H,2,5-6,9-12,15H2;1,3-4,7-8H,2,5-6,9-11H2;1,3-4,7-8H,2,5-6,9-10H2,(H,14,15);1,3-4,7-8,14H,2,5-6,9-11H2;1,3-4,7-8,11H,2,5-6,9-10H2;2*1-4H2. The molecule has 784 valence electrons. The number of benzene rings is 9. The van der Waals surface area contributed by atoms with Gasteiger partial charge in [0.1, 0.15) is 30.5 Å². The van der Waals surface area contributed by atoms with Gasteiger partial charge in [-0.15, -0.1) is 0 Å². The van der Waals surface area contributed by atoms with Crippen LogP contribution in [-0.4, -0.2) is 114 Å². The Morgan fingerprint density at radius 1 is 0.429 bits per heavy atom. The average molecular weight is 2010 g/mol. The van der Waals surface area contributed by atoms with Crippen LogP contribution in [-0.2, 0) is 67.1 Å². The van der Waals surface area contributed by atoms with Crippen molar-refractivity contribution in [2.24, 2.45) is 5.73 Å². The maximum atomic E-state index is 12.5. The monoisotopic (exact) mass is 2010 g/mol. The number of hydrogen-bond acceptors (Lipinski definition) is 15. The number of methoxy groups -OCH3 is 1. The van der Waals surface area contributed by atoms with Crippen molar-refractivity contribution < 1.29 is 48.7 Å². The molecule has 8 aliphatic carbocycles. The number of nitriles is 3. The number of ether oxygens (including phenoxy) is 4. The van der Waals surface area contributed by atoms with Gasteiger partial charge in [-0.25, -0.2) is 4.98 Å². The molecule has 10 aliphatic rings. The Morgan fingerprint density at radius 2 is 0.769 bits per heavy atom. The van der Waals surface area contributed by atoms with Gasteiger partial charge in [-0.3, -0.25) is 14.2 Å². The molecule has 20 rings (SSSR count). The zero-order valence-electron chi connectivity index (χ0n) is 88.0. The van der Waals surface area contributed by atoms with Crippen LogP contribution in [0.3, 0.4) is 0 Å². The maximum Gasteiger partial charge on any atom is 0.314 e. The highest BCUT2D eigenvalue weighted by Gasteiger charge is 2.46. The van der Waals surface area contributed by atoms with E-state index in [1.165, 1.54) is 219 Å². The molecule has 0 spiro atoms. The molecular weight excluding hydrogens is 1840 g/mol. The number of amides is 1. The summed E-state index contributed by atoms with van der Waals surface area (Å²) in [6, 6.07) is 97.1. The molecule has 0 radical (unpaired) electrons. The number of aldehydes is 1. The van der Waals surface area contributed by atoms with E-state index in [1.54, 1.807) is 30.4 Å². The van der Waals surface area contributed by atoms with E-state index in [0.29, 0.717) is 36.3 Å². The van der Waals surface area contributed by atoms with Gasteiger partial charge in [0.2, 0.25) is 0 Å². The third kappa shape index (κ3) is 33.6. The first kappa shape index (κ1) is 116. The number of aliphatic hydroxyl groups excluding tert-OH is 2. The third-order valence-electron chi connectivity index (χ3n) is 33.2. The summed E-state index contributed by atoms with van der Waals surface area (Å²) in [5.41, 5.74) is 15.9. The second kappa shape index (κ2) is 62.9. The van der Waals surface area contributed by atoms with Gasteiger partial charge in [-0.2, -0.15) is 15.8 Å². The van der Waals surface area contributed by atoms with Crippen LogP contribution < -0.4 is 15.8 Å². The lowest BCUT2D eigenvalue weighted by molar-refractivity contribution is -0.145. The van der Waals surface area contributed by atoms with Crippen molar-refractivity contribution in [3.63, 3.8) is 0 Å². The molecule has 147 heavy (non-hydrogen) atoms. The van der Waals surface area contributed by atoms with Crippen molar-refractivity contribution in [1.82, 2.24) is 14.9 Å². The van der Waals surface area contributed by atoms with Gasteiger partial charge in [-0.05, 0) is 227 Å². The molecule has 10 aromatic rings. The van der Waals surface area contributed by atoms with Crippen LogP contribution in [0, 0.1) is 34.0 Å². The Labute approximate surface area is 885 Å². The lowest BCUT2D eigenvalue weighted by Crippen LogP contribution is -2.43. The maximum absolute atomic E-state index is 12.5. The number of nitrogens with two attached hydrogens (primary N) is 1. The number of rotatable bonds is 22. The summed E-state index contributed by atoms with van der Waals surface area (Å²) in [7, 11) is 1.60. The summed E-state index contributed by atoms with van der Waals surface area (Å²) >= 11 is 5.34. The van der Waals surface area contributed by atoms with E-state index in [4.69, 9.17) is 47.4 Å². The molecule has 2 saturated heterocycles. The summed E-state index contributed by atoms with van der Waals surface area (Å²) < 4.78 is 22.7. The predicted molar refractivity (Wildman–Crippen MR) is 597 cm³/mol. The summed E-state index contributed by atoms with van der Waals surface area (Å²) in [6.07, 6.45) is 59.1. The van der Waals surface area contributed by atoms with Crippen LogP contribution in [0.2, 0.25) is 0 Å². The van der Waals surface area contributed by atoms with E-state index < -0.39 is 23.6 Å². The normalized spacial score (nSPS) is 19.4. The molecule has 18 heteroatoms. The Hall–Kier alpha value is -11.2. The number of thiocarbonyl (C=S) groups is 1. The number of hydrogen-bond donors (Lipinski definition) is 5. The van der Waals surface area contributed by atoms with Crippen molar-refractivity contribution in [2.75, 3.05) is 53.2 Å². The van der Waals surface area contributed by atoms with Crippen molar-refractivity contribution in [2.45, 2.75) is 357 Å². The number of aromatic nitrogens is 2. The fraction of sp³-hybridized carbons (Fsp3) is 0.504. The molecule has 1 aromatic heterocycles. The Kier molecular flexibility index (Phi) is 49.7. The van der Waals surface area contributed by atoms with Gasteiger partial charge in [0.05, 0.1) is 42.2 Å². The largest absolute Gasteiger partial charge is 0.496 e. The number of imidazole rings is 1. The number of carbonyl (C=O) groups excluding carboxylic acids is 2. The van der Waals surface area contributed by atoms with Crippen LogP contribution >= 0.6 is 12.2 Å². The molecule has 0 bridgehead atoms. The van der Waals surface area contributed by atoms with E-state index in [0.717, 1.165) is 160 Å². The van der Waals surface area contributed by atoms with Gasteiger partial charge in [0, 0.05) is 73.4 Å². The molecule has 2 atom stereocenters. The minimum atomic E-state index is -0.879. The summed E-state index contributed by atoms with van der Waals surface area (Å²) in [5, 5.41) is 60.2. The van der Waals surface area contributed by atoms with Gasteiger partial charge in [0.15, 0.2) is 6.10 Å². The van der Waals surface area contributed by atoms with Crippen molar-refractivity contribution in [1.29, 1.82) is 15.8 Å². The zero-order valence-corrected chi connectivity index (χ0v) is 88.8. The number of para-hydroxylation sites is 1. The van der Waals surface area contributed by atoms with Crippen molar-refractivity contribution >= 4 is 35.6 Å². The lowest BCUT2D eigenvalue weighted by Gasteiger charge is -2.40. The molecule has 1 amide bonds. The van der Waals surface area contributed by atoms with Crippen LogP contribution in [0.15, 0.2) is 286 Å². The number of carboxylic acids is 1. The molecule has 6 N–H and O–H groups in total. The SMILES string of the molecule is C1CCOC1.C1CCOC1.COc1ccccc1C(=O)NCCC1(c2ccccc2)CCCCC1.N#CC(O)C1(c2ccccc2)CCCCC1.N#CC(OC(=S)n1ccnc1)C1(c2ccccc2)CCCCC1.N#CCC1(c2ccccc2)CCCCC1.NCCC1(c2ccccc2)CCCCC1.O=C(O)C1(c2ccccc2)CCCCC1.O=CC1(c2ccccc2)CCCCC1.OCC1(c2ccccc2)CCCCC1. The van der Waals surface area contributed by atoms with Crippen LogP contribution in [0.5, 0.6) is 5.75 Å². The number of aliphatic carboxylic acids is 1. The van der Waals surface area contributed by atoms with E-state index in [2.05, 4.69) is 156 Å². The summed E-state index contributed by atoms with van der Waals surface area (Å²) in [4.78, 5) is 39.3. The minimum absolute atomic E-state index is 0.0588. The van der Waals surface area contributed by atoms with Gasteiger partial charge in [0.25, 0.3) is 11.1 Å². The van der Waals surface area contributed by atoms with Gasteiger partial charge < -0.3 is 50.1 Å². The molecule has 3 heterocycles. The second-order valence-electron chi connectivity index (χ2n) is 42.3. The van der Waals surface area contributed by atoms with E-state index >= 15 is 0 Å². The Bertz CT molecular complexity index is 5400. The van der Waals surface area contributed by atoms with Gasteiger partial charge >= 0.3 is 5.97 Å². The molecule has 9 aromatic carbocycles. The first-order chi connectivity index (χ1) is 72.1. The van der Waals surface area contributed by atoms with E-state index in [1.807, 2.05) is 140 Å². The molecule has 17 nitrogen and oxygen atoms in total. The molecule has 10 fully saturated rings. The van der Waals surface area contributed by atoms with E-state index in [9.17, 15) is 35.0 Å². The Morgan fingerprint density at radius 3 is 1.13 bits per heavy atom. The first-order valence-corrected chi connectivity index (χ1v) is 56.0. The molecular formula is C129H167N7O10S. The smallest absolute Gasteiger partial charge is 0.314 e. The number of carbonyl (C=O) groups is 3. The molecule has 2 aliphatic heterocycles. The fourth-order valence-electron chi connectivity index (χ4n) is 24.6. The second-order valence-corrected chi connectivity index (χ2v) is 42.6. The van der Waals surface area contributed by atoms with Crippen LogP contribution in [0.25, 0.3) is 0 Å². The number of carboxylic acid groups (broad SMARTS) is 1. The van der Waals surface area contributed by atoms with Crippen LogP contribution in [0.4, 0.5) is 0 Å². The minimum Gasteiger partial charge on any atom is -0.496 e. The molecule has 2 unspecified atom stereocenters. The van der Waals surface area contributed by atoms with Gasteiger partial charge in [-0.1, -0.05) is 409 Å². The van der Waals surface area contributed by atoms with Crippen LogP contribution in [0.1, 0.15) is 357 Å². The fourth-order valence-corrected chi connectivity index (χ4v) is 24.8. The van der Waals surface area contributed by atoms with E-state index in [-0.39, 0.29) is 43.6 Å². The number of nitrogens with zero attached hydrogens (tertiary/aromatic N) is 5. The number of nitrogens with one attached hydrogen (secondary N) is 1. The highest BCUT2D eigenvalue weighted by Crippen LogP contribution is 2.49. The lowest BCUT2D eigenvalue weighted by atomic mass is 9.66. The Balaban J connectivity index is 0.000000159. The molecule has 8 saturated carbocycles. The topological polar surface area (TPSA) is 276 Å².